The molecule has 67 heavy (non-hydrogen) atoms. The van der Waals surface area contributed by atoms with Gasteiger partial charge in [-0.05, 0) is 159 Å². The molecule has 2 aliphatic carbocycles. The third-order valence-electron chi connectivity index (χ3n) is 16.3. The van der Waals surface area contributed by atoms with Crippen LogP contribution in [0.2, 0.25) is 0 Å². The number of anilines is 2. The minimum absolute atomic E-state index is 0.510. The fraction of sp³-hybridized carbons (Fsp3) is 0.458. The highest BCUT2D eigenvalue weighted by atomic mass is 16.4. The molecule has 8 heteroatoms. The Bertz CT molecular complexity index is 2600. The van der Waals surface area contributed by atoms with E-state index in [0.29, 0.717) is 22.6 Å². The molecule has 0 radical (unpaired) electrons. The summed E-state index contributed by atoms with van der Waals surface area (Å²) in [5.41, 5.74) is 11.7. The molecule has 0 amide bonds. The molecule has 0 N–H and O–H groups in total. The molecule has 0 bridgehead atoms. The fourth-order valence-electron chi connectivity index (χ4n) is 11.9. The van der Waals surface area contributed by atoms with Gasteiger partial charge in [0.25, 0.3) is 0 Å². The van der Waals surface area contributed by atoms with Gasteiger partial charge in [-0.3, -0.25) is 0 Å². The van der Waals surface area contributed by atoms with Gasteiger partial charge < -0.3 is 18.6 Å². The average Bonchev–Trinajstić information content (AvgIpc) is 3.97. The van der Waals surface area contributed by atoms with E-state index in [1.54, 1.807) is 0 Å². The lowest BCUT2D eigenvalue weighted by molar-refractivity contribution is -0.646. The molecule has 8 nitrogen and oxygen atoms in total. The van der Waals surface area contributed by atoms with Gasteiger partial charge in [-0.1, -0.05) is 82.3 Å². The molecule has 2 aliphatic heterocycles. The number of hydrogen-bond donors (Lipinski definition) is 0. The lowest BCUT2D eigenvalue weighted by atomic mass is 9.67. The molecule has 0 saturated heterocycles. The number of aromatic nitrogens is 4. The molecule has 0 spiro atoms. The SMILES string of the molecule is C[n+]1cccc2oc(/C=C3\C=CN(CCCCC4(C)CCC(CCCC5CCC(C)(CCCCN6C=C/C(=C\c7nc8c(ccc[n+]8C)o7)c7ccccc76)CC5)CC4)c4ccccc43)nc21. The van der Waals surface area contributed by atoms with Crippen molar-refractivity contribution in [2.75, 3.05) is 22.9 Å². The van der Waals surface area contributed by atoms with E-state index in [-0.39, 0.29) is 0 Å². The van der Waals surface area contributed by atoms with E-state index in [1.807, 2.05) is 59.9 Å². The number of rotatable bonds is 16. The summed E-state index contributed by atoms with van der Waals surface area (Å²) in [5.74, 6) is 3.17. The van der Waals surface area contributed by atoms with Crippen LogP contribution >= 0.6 is 0 Å². The molecule has 0 atom stereocenters. The average molecular weight is 897 g/mol. The first-order valence-electron chi connectivity index (χ1n) is 25.7. The largest absolute Gasteiger partial charge is 0.411 e. The van der Waals surface area contributed by atoms with Gasteiger partial charge in [0.15, 0.2) is 0 Å². The maximum absolute atomic E-state index is 6.08. The zero-order valence-electron chi connectivity index (χ0n) is 40.6. The van der Waals surface area contributed by atoms with Crippen molar-refractivity contribution in [1.82, 2.24) is 9.97 Å². The van der Waals surface area contributed by atoms with E-state index >= 15 is 0 Å². The van der Waals surface area contributed by atoms with Gasteiger partial charge in [-0.15, -0.1) is 0 Å². The molecule has 2 fully saturated rings. The van der Waals surface area contributed by atoms with Crippen molar-refractivity contribution in [2.45, 2.75) is 123 Å². The van der Waals surface area contributed by atoms with Gasteiger partial charge in [0.05, 0.1) is 26.5 Å². The molecule has 10 rings (SSSR count). The van der Waals surface area contributed by atoms with E-state index in [9.17, 15) is 0 Å². The third-order valence-corrected chi connectivity index (χ3v) is 16.3. The van der Waals surface area contributed by atoms with Crippen LogP contribution in [0.3, 0.4) is 0 Å². The molecule has 0 unspecified atom stereocenters. The molecule has 2 saturated carbocycles. The number of fused-ring (bicyclic) bond motifs is 4. The Kier molecular flexibility index (Phi) is 13.3. The van der Waals surface area contributed by atoms with Crippen LogP contribution in [0.15, 0.2) is 119 Å². The van der Waals surface area contributed by atoms with Crippen molar-refractivity contribution in [3.63, 3.8) is 0 Å². The minimum atomic E-state index is 0.510. The fourth-order valence-corrected chi connectivity index (χ4v) is 11.9. The summed E-state index contributed by atoms with van der Waals surface area (Å²) < 4.78 is 16.2. The van der Waals surface area contributed by atoms with Crippen molar-refractivity contribution in [3.8, 4) is 0 Å². The highest BCUT2D eigenvalue weighted by molar-refractivity contribution is 5.95. The molecular weight excluding hydrogens is 825 g/mol. The Morgan fingerprint density at radius 1 is 0.567 bits per heavy atom. The third kappa shape index (κ3) is 10.4. The molecule has 6 aromatic rings. The zero-order valence-corrected chi connectivity index (χ0v) is 40.6. The molecule has 6 heterocycles. The van der Waals surface area contributed by atoms with Gasteiger partial charge in [-0.25, -0.2) is 9.13 Å². The van der Waals surface area contributed by atoms with Crippen molar-refractivity contribution < 1.29 is 18.0 Å². The Morgan fingerprint density at radius 2 is 1.00 bits per heavy atom. The zero-order chi connectivity index (χ0) is 45.8. The monoisotopic (exact) mass is 897 g/mol. The normalized spacial score (nSPS) is 24.0. The number of aryl methyl sites for hydroxylation is 2. The summed E-state index contributed by atoms with van der Waals surface area (Å²) in [5, 5.41) is 0. The van der Waals surface area contributed by atoms with E-state index in [2.05, 4.69) is 109 Å². The van der Waals surface area contributed by atoms with Crippen LogP contribution in [0, 0.1) is 22.7 Å². The van der Waals surface area contributed by atoms with Crippen molar-refractivity contribution >= 4 is 57.1 Å². The Labute approximate surface area is 398 Å². The molecular formula is C59H72N6O2+2. The van der Waals surface area contributed by atoms with Gasteiger partial charge in [0.1, 0.15) is 0 Å². The summed E-state index contributed by atoms with van der Waals surface area (Å²) >= 11 is 0. The maximum atomic E-state index is 6.08. The van der Waals surface area contributed by atoms with Crippen molar-refractivity contribution in [1.29, 1.82) is 0 Å². The number of benzene rings is 2. The van der Waals surface area contributed by atoms with Crippen molar-refractivity contribution in [3.05, 3.63) is 133 Å². The van der Waals surface area contributed by atoms with Gasteiger partial charge >= 0.3 is 23.1 Å². The topological polar surface area (TPSA) is 66.3 Å². The van der Waals surface area contributed by atoms with Gasteiger partial charge in [0, 0.05) is 70.1 Å². The number of pyridine rings is 2. The van der Waals surface area contributed by atoms with Crippen LogP contribution in [-0.4, -0.2) is 23.1 Å². The lowest BCUT2D eigenvalue weighted by Crippen LogP contribution is -2.28. The van der Waals surface area contributed by atoms with Crippen LogP contribution in [0.4, 0.5) is 11.4 Å². The Morgan fingerprint density at radius 3 is 1.43 bits per heavy atom. The summed E-state index contributed by atoms with van der Waals surface area (Å²) in [6.07, 6.45) is 40.5. The second-order valence-electron chi connectivity index (χ2n) is 21.3. The quantitative estimate of drug-likeness (QED) is 0.0712. The van der Waals surface area contributed by atoms with Crippen LogP contribution in [0.1, 0.15) is 146 Å². The Hall–Kier alpha value is -5.76. The lowest BCUT2D eigenvalue weighted by Gasteiger charge is -2.39. The second kappa shape index (κ2) is 19.8. The van der Waals surface area contributed by atoms with Crippen LogP contribution in [0.5, 0.6) is 0 Å². The predicted octanol–water partition coefficient (Wildman–Crippen LogP) is 14.0. The van der Waals surface area contributed by atoms with Gasteiger partial charge in [0.2, 0.25) is 11.2 Å². The number of allylic oxidation sites excluding steroid dienone is 4. The predicted molar refractivity (Wildman–Crippen MR) is 274 cm³/mol. The smallest absolute Gasteiger partial charge is 0.370 e. The second-order valence-corrected chi connectivity index (χ2v) is 21.3. The number of para-hydroxylation sites is 2. The van der Waals surface area contributed by atoms with E-state index in [1.165, 1.54) is 132 Å². The molecule has 2 aromatic carbocycles. The number of nitrogens with zero attached hydrogens (tertiary/aromatic N) is 6. The minimum Gasteiger partial charge on any atom is -0.411 e. The first-order chi connectivity index (χ1) is 32.7. The van der Waals surface area contributed by atoms with Crippen molar-refractivity contribution in [2.24, 2.45) is 36.8 Å². The summed E-state index contributed by atoms with van der Waals surface area (Å²) in [6.45, 7) is 7.27. The van der Waals surface area contributed by atoms with E-state index in [4.69, 9.17) is 18.8 Å². The van der Waals surface area contributed by atoms with Crippen LogP contribution in [-0.2, 0) is 14.1 Å². The molecule has 4 aromatic heterocycles. The number of hydrogen-bond acceptors (Lipinski definition) is 6. The highest BCUT2D eigenvalue weighted by Gasteiger charge is 2.33. The summed E-state index contributed by atoms with van der Waals surface area (Å²) in [6, 6.07) is 25.5. The first-order valence-corrected chi connectivity index (χ1v) is 25.7. The number of unbranched alkanes of at least 4 members (excludes halogenated alkanes) is 2. The van der Waals surface area contributed by atoms with E-state index in [0.717, 1.165) is 58.5 Å². The highest BCUT2D eigenvalue weighted by Crippen LogP contribution is 2.46. The summed E-state index contributed by atoms with van der Waals surface area (Å²) in [4.78, 5) is 14.4. The molecule has 4 aliphatic rings. The first kappa shape index (κ1) is 45.0. The van der Waals surface area contributed by atoms with Crippen LogP contribution < -0.4 is 18.9 Å². The van der Waals surface area contributed by atoms with Crippen LogP contribution in [0.25, 0.3) is 45.8 Å². The number of oxazole rings is 2. The standard InChI is InChI=1S/C59H72N6O2/c1-58(30-9-11-38-64-40-28-46(48-18-5-7-20-50(48)64)42-54-60-56-52(66-54)22-14-36-62(56)3)32-24-44(25-33-58)16-13-17-45-26-34-59(2,35-27-45)31-10-12-39-65-41-29-47(49-19-6-8-21-51(49)65)43-55-61-57-53(67-55)23-15-37-63(57)4/h5-8,14-15,18-23,28-29,36-37,40-45H,9-13,16-17,24-27,30-35,38-39H2,1-4H3/q+2. The summed E-state index contributed by atoms with van der Waals surface area (Å²) in [7, 11) is 4.01. The maximum Gasteiger partial charge on any atom is 0.370 e. The Balaban J connectivity index is 0.609. The van der Waals surface area contributed by atoms with Gasteiger partial charge in [-0.2, -0.15) is 0 Å². The van der Waals surface area contributed by atoms with E-state index < -0.39 is 0 Å². The molecule has 348 valence electrons.